The van der Waals surface area contributed by atoms with E-state index in [0.717, 1.165) is 12.0 Å². The van der Waals surface area contributed by atoms with Crippen LogP contribution in [0, 0.1) is 0 Å². The summed E-state index contributed by atoms with van der Waals surface area (Å²) in [6.45, 7) is 2.52. The van der Waals surface area contributed by atoms with Gasteiger partial charge in [0.2, 0.25) is 0 Å². The standard InChI is InChI=1S/C13H16O3/c1-2-6-13(9-14)16-11-15-10-12-7-4-3-5-8-12/h3-9H,2,10-11H2,1H3. The number of carbonyl (C=O) groups is 1. The lowest BCUT2D eigenvalue weighted by atomic mass is 10.2. The van der Waals surface area contributed by atoms with Crippen molar-refractivity contribution in [2.45, 2.75) is 20.0 Å². The molecular weight excluding hydrogens is 204 g/mol. The van der Waals surface area contributed by atoms with Gasteiger partial charge in [0.15, 0.2) is 18.8 Å². The van der Waals surface area contributed by atoms with Crippen LogP contribution in [-0.4, -0.2) is 13.1 Å². The molecule has 0 N–H and O–H groups in total. The molecule has 0 fully saturated rings. The third-order valence-corrected chi connectivity index (χ3v) is 1.94. The largest absolute Gasteiger partial charge is 0.464 e. The van der Waals surface area contributed by atoms with Crippen LogP contribution >= 0.6 is 0 Å². The number of rotatable bonds is 7. The Kier molecular flexibility index (Phi) is 5.96. The van der Waals surface area contributed by atoms with Crippen LogP contribution < -0.4 is 0 Å². The van der Waals surface area contributed by atoms with Gasteiger partial charge < -0.3 is 9.47 Å². The fourth-order valence-corrected chi connectivity index (χ4v) is 1.19. The van der Waals surface area contributed by atoms with E-state index in [1.54, 1.807) is 6.08 Å². The highest BCUT2D eigenvalue weighted by Gasteiger charge is 1.95. The van der Waals surface area contributed by atoms with Crippen molar-refractivity contribution in [3.05, 3.63) is 47.7 Å². The van der Waals surface area contributed by atoms with E-state index >= 15 is 0 Å². The second-order valence-corrected chi connectivity index (χ2v) is 3.23. The van der Waals surface area contributed by atoms with E-state index in [-0.39, 0.29) is 6.79 Å². The van der Waals surface area contributed by atoms with Gasteiger partial charge in [-0.1, -0.05) is 37.3 Å². The van der Waals surface area contributed by atoms with Gasteiger partial charge >= 0.3 is 0 Å². The fraction of sp³-hybridized carbons (Fsp3) is 0.308. The van der Waals surface area contributed by atoms with E-state index < -0.39 is 0 Å². The normalized spacial score (nSPS) is 11.2. The van der Waals surface area contributed by atoms with Crippen molar-refractivity contribution >= 4 is 6.29 Å². The molecule has 0 bridgehead atoms. The minimum Gasteiger partial charge on any atom is -0.464 e. The van der Waals surface area contributed by atoms with Crippen molar-refractivity contribution in [3.63, 3.8) is 0 Å². The first kappa shape index (κ1) is 12.5. The van der Waals surface area contributed by atoms with Crippen LogP contribution in [0.15, 0.2) is 42.2 Å². The maximum Gasteiger partial charge on any atom is 0.189 e. The van der Waals surface area contributed by atoms with Crippen LogP contribution in [0.5, 0.6) is 0 Å². The number of carbonyl (C=O) groups excluding carboxylic acids is 1. The molecule has 0 saturated heterocycles. The summed E-state index contributed by atoms with van der Waals surface area (Å²) in [6.07, 6.45) is 3.18. The van der Waals surface area contributed by atoms with E-state index in [1.807, 2.05) is 37.3 Å². The maximum absolute atomic E-state index is 10.5. The van der Waals surface area contributed by atoms with Crippen LogP contribution in [0.25, 0.3) is 0 Å². The third kappa shape index (κ3) is 4.75. The van der Waals surface area contributed by atoms with E-state index in [4.69, 9.17) is 9.47 Å². The van der Waals surface area contributed by atoms with Crippen LogP contribution in [0.1, 0.15) is 18.9 Å². The Hall–Kier alpha value is -1.61. The maximum atomic E-state index is 10.5. The number of hydrogen-bond acceptors (Lipinski definition) is 3. The second-order valence-electron chi connectivity index (χ2n) is 3.23. The Labute approximate surface area is 95.7 Å². The molecule has 1 aromatic rings. The molecule has 0 radical (unpaired) electrons. The molecule has 0 saturated carbocycles. The van der Waals surface area contributed by atoms with Crippen molar-refractivity contribution in [3.8, 4) is 0 Å². The summed E-state index contributed by atoms with van der Waals surface area (Å²) in [7, 11) is 0. The molecule has 1 aromatic carbocycles. The lowest BCUT2D eigenvalue weighted by Gasteiger charge is -2.06. The highest BCUT2D eigenvalue weighted by Crippen LogP contribution is 2.02. The van der Waals surface area contributed by atoms with E-state index in [2.05, 4.69) is 0 Å². The summed E-state index contributed by atoms with van der Waals surface area (Å²) in [6, 6.07) is 9.81. The fourth-order valence-electron chi connectivity index (χ4n) is 1.19. The molecule has 0 spiro atoms. The summed E-state index contributed by atoms with van der Waals surface area (Å²) in [5.74, 6) is 0.329. The molecular formula is C13H16O3. The minimum absolute atomic E-state index is 0.0967. The van der Waals surface area contributed by atoms with Gasteiger partial charge in [-0.3, -0.25) is 4.79 Å². The second kappa shape index (κ2) is 7.65. The number of allylic oxidation sites excluding steroid dienone is 2. The quantitative estimate of drug-likeness (QED) is 0.233. The van der Waals surface area contributed by atoms with Crippen LogP contribution in [0.3, 0.4) is 0 Å². The SMILES string of the molecule is CCC=C(C=O)OCOCc1ccccc1. The van der Waals surface area contributed by atoms with Gasteiger partial charge in [-0.05, 0) is 18.1 Å². The summed E-state index contributed by atoms with van der Waals surface area (Å²) in [5, 5.41) is 0. The summed E-state index contributed by atoms with van der Waals surface area (Å²) in [5.41, 5.74) is 1.08. The molecule has 16 heavy (non-hydrogen) atoms. The van der Waals surface area contributed by atoms with E-state index in [0.29, 0.717) is 18.7 Å². The number of aldehydes is 1. The zero-order valence-corrected chi connectivity index (χ0v) is 9.39. The summed E-state index contributed by atoms with van der Waals surface area (Å²) >= 11 is 0. The van der Waals surface area contributed by atoms with Crippen molar-refractivity contribution < 1.29 is 14.3 Å². The average molecular weight is 220 g/mol. The Morgan fingerprint density at radius 1 is 1.31 bits per heavy atom. The van der Waals surface area contributed by atoms with Gasteiger partial charge in [-0.2, -0.15) is 0 Å². The molecule has 3 heteroatoms. The highest BCUT2D eigenvalue weighted by atomic mass is 16.7. The van der Waals surface area contributed by atoms with Crippen LogP contribution in [-0.2, 0) is 20.9 Å². The minimum atomic E-state index is 0.0967. The molecule has 3 nitrogen and oxygen atoms in total. The number of hydrogen-bond donors (Lipinski definition) is 0. The predicted octanol–water partition coefficient (Wildman–Crippen LogP) is 2.67. The van der Waals surface area contributed by atoms with E-state index in [9.17, 15) is 4.79 Å². The average Bonchev–Trinajstić information content (AvgIpc) is 2.34. The molecule has 1 rings (SSSR count). The summed E-state index contributed by atoms with van der Waals surface area (Å²) in [4.78, 5) is 10.5. The van der Waals surface area contributed by atoms with Crippen molar-refractivity contribution in [2.24, 2.45) is 0 Å². The van der Waals surface area contributed by atoms with Crippen molar-refractivity contribution in [1.29, 1.82) is 0 Å². The lowest BCUT2D eigenvalue weighted by Crippen LogP contribution is -2.01. The Balaban J connectivity index is 2.21. The zero-order valence-electron chi connectivity index (χ0n) is 9.39. The molecule has 0 aliphatic carbocycles. The topological polar surface area (TPSA) is 35.5 Å². The van der Waals surface area contributed by atoms with Gasteiger partial charge in [0.25, 0.3) is 0 Å². The third-order valence-electron chi connectivity index (χ3n) is 1.94. The molecule has 0 amide bonds. The molecule has 0 aromatic heterocycles. The van der Waals surface area contributed by atoms with Crippen LogP contribution in [0.2, 0.25) is 0 Å². The molecule has 0 heterocycles. The van der Waals surface area contributed by atoms with Gasteiger partial charge in [-0.15, -0.1) is 0 Å². The number of ether oxygens (including phenoxy) is 2. The lowest BCUT2D eigenvalue weighted by molar-refractivity contribution is -0.111. The first-order chi connectivity index (χ1) is 7.86. The molecule has 0 aliphatic rings. The number of benzene rings is 1. The first-order valence-electron chi connectivity index (χ1n) is 5.26. The van der Waals surface area contributed by atoms with E-state index in [1.165, 1.54) is 0 Å². The smallest absolute Gasteiger partial charge is 0.189 e. The van der Waals surface area contributed by atoms with Gasteiger partial charge in [0.05, 0.1) is 6.61 Å². The molecule has 0 unspecified atom stereocenters. The first-order valence-corrected chi connectivity index (χ1v) is 5.26. The Morgan fingerprint density at radius 2 is 2.06 bits per heavy atom. The summed E-state index contributed by atoms with van der Waals surface area (Å²) < 4.78 is 10.4. The molecule has 0 atom stereocenters. The van der Waals surface area contributed by atoms with Gasteiger partial charge in [0, 0.05) is 0 Å². The zero-order chi connectivity index (χ0) is 11.6. The van der Waals surface area contributed by atoms with Crippen molar-refractivity contribution in [1.82, 2.24) is 0 Å². The van der Waals surface area contributed by atoms with Crippen LogP contribution in [0.4, 0.5) is 0 Å². The Bertz CT molecular complexity index is 330. The van der Waals surface area contributed by atoms with Crippen molar-refractivity contribution in [2.75, 3.05) is 6.79 Å². The highest BCUT2D eigenvalue weighted by molar-refractivity contribution is 5.69. The Morgan fingerprint density at radius 3 is 2.69 bits per heavy atom. The van der Waals surface area contributed by atoms with Gasteiger partial charge in [-0.25, -0.2) is 0 Å². The predicted molar refractivity (Wildman–Crippen MR) is 61.6 cm³/mol. The molecule has 0 aliphatic heterocycles. The molecule has 86 valence electrons. The van der Waals surface area contributed by atoms with Gasteiger partial charge in [0.1, 0.15) is 0 Å². The monoisotopic (exact) mass is 220 g/mol.